The molecule has 1 fully saturated rings. The Labute approximate surface area is 135 Å². The minimum Gasteiger partial charge on any atom is -0.444 e. The van der Waals surface area contributed by atoms with Gasteiger partial charge in [-0.3, -0.25) is 15.0 Å². The molecule has 1 saturated heterocycles. The Balaban J connectivity index is 2.10. The third kappa shape index (κ3) is 4.79. The molecule has 128 valence electrons. The van der Waals surface area contributed by atoms with Crippen molar-refractivity contribution in [3.05, 3.63) is 28.7 Å². The first-order chi connectivity index (χ1) is 10.8. The predicted octanol–water partition coefficient (Wildman–Crippen LogP) is 2.41. The van der Waals surface area contributed by atoms with Crippen molar-refractivity contribution in [2.24, 2.45) is 0 Å². The van der Waals surface area contributed by atoms with Gasteiger partial charge in [0.15, 0.2) is 0 Å². The summed E-state index contributed by atoms with van der Waals surface area (Å²) in [6.45, 7) is 6.68. The van der Waals surface area contributed by atoms with Crippen molar-refractivity contribution in [2.75, 3.05) is 31.6 Å². The van der Waals surface area contributed by atoms with Crippen LogP contribution in [0.5, 0.6) is 0 Å². The summed E-state index contributed by atoms with van der Waals surface area (Å²) in [5, 5.41) is 2.50. The number of hydrogen-bond acceptors (Lipinski definition) is 4. The molecule has 0 unspecified atom stereocenters. The molecule has 0 bridgehead atoms. The lowest BCUT2D eigenvalue weighted by Gasteiger charge is -2.20. The molecule has 1 N–H and O–H groups in total. The Morgan fingerprint density at radius 2 is 2.22 bits per heavy atom. The number of rotatable bonds is 4. The van der Waals surface area contributed by atoms with E-state index in [0.717, 1.165) is 13.0 Å². The van der Waals surface area contributed by atoms with E-state index >= 15 is 0 Å². The molecule has 1 atom stereocenters. The molecule has 1 aliphatic heterocycles. The smallest absolute Gasteiger partial charge is 0.412 e. The number of amides is 1. The first-order valence-electron chi connectivity index (χ1n) is 7.79. The highest BCUT2D eigenvalue weighted by Gasteiger charge is 2.25. The van der Waals surface area contributed by atoms with Crippen molar-refractivity contribution in [3.63, 3.8) is 0 Å². The van der Waals surface area contributed by atoms with Crippen LogP contribution in [-0.4, -0.2) is 47.5 Å². The number of anilines is 1. The number of carbonyl (C=O) groups is 1. The summed E-state index contributed by atoms with van der Waals surface area (Å²) < 4.78 is 19.2. The van der Waals surface area contributed by atoms with Crippen LogP contribution < -0.4 is 10.9 Å². The van der Waals surface area contributed by atoms with E-state index in [2.05, 4.69) is 5.32 Å². The van der Waals surface area contributed by atoms with Gasteiger partial charge in [-0.25, -0.2) is 9.18 Å². The quantitative estimate of drug-likeness (QED) is 0.923. The van der Waals surface area contributed by atoms with E-state index in [-0.39, 0.29) is 24.0 Å². The van der Waals surface area contributed by atoms with Crippen molar-refractivity contribution in [2.45, 2.75) is 38.8 Å². The van der Waals surface area contributed by atoms with Crippen LogP contribution >= 0.6 is 0 Å². The zero-order valence-corrected chi connectivity index (χ0v) is 13.8. The van der Waals surface area contributed by atoms with Crippen LogP contribution in [0.3, 0.4) is 0 Å². The molecular formula is C16H24FN3O3. The third-order valence-electron chi connectivity index (χ3n) is 3.65. The van der Waals surface area contributed by atoms with Gasteiger partial charge >= 0.3 is 6.09 Å². The molecule has 0 aliphatic carbocycles. The van der Waals surface area contributed by atoms with Crippen molar-refractivity contribution in [1.82, 2.24) is 9.47 Å². The summed E-state index contributed by atoms with van der Waals surface area (Å²) >= 11 is 0. The van der Waals surface area contributed by atoms with Crippen molar-refractivity contribution in [1.29, 1.82) is 0 Å². The molecule has 0 radical (unpaired) electrons. The number of pyridine rings is 1. The first kappa shape index (κ1) is 17.5. The number of aromatic nitrogens is 1. The second-order valence-corrected chi connectivity index (χ2v) is 6.69. The average molecular weight is 325 g/mol. The standard InChI is InChI=1S/C16H24FN3O3/c1-16(2,3)23-15(22)18-13-5-4-8-20(14(13)21)12-6-9-19(11-12)10-7-17/h4-5,8,12H,6-7,9-11H2,1-3H3,(H,18,22)/t12-/m0/s1. The summed E-state index contributed by atoms with van der Waals surface area (Å²) in [7, 11) is 0. The Hall–Kier alpha value is -1.89. The maximum absolute atomic E-state index is 12.5. The Kier molecular flexibility index (Phi) is 5.41. The molecule has 0 aromatic carbocycles. The fraction of sp³-hybridized carbons (Fsp3) is 0.625. The van der Waals surface area contributed by atoms with Gasteiger partial charge in [0.05, 0.1) is 6.04 Å². The summed E-state index contributed by atoms with van der Waals surface area (Å²) in [4.78, 5) is 26.3. The van der Waals surface area contributed by atoms with Gasteiger partial charge in [0, 0.05) is 25.8 Å². The number of nitrogens with zero attached hydrogens (tertiary/aromatic N) is 2. The topological polar surface area (TPSA) is 63.6 Å². The van der Waals surface area contributed by atoms with Crippen LogP contribution in [0.15, 0.2) is 23.1 Å². The van der Waals surface area contributed by atoms with E-state index in [1.807, 2.05) is 4.90 Å². The number of halogens is 1. The molecule has 1 aromatic rings. The molecule has 1 aliphatic rings. The first-order valence-corrected chi connectivity index (χ1v) is 7.79. The highest BCUT2D eigenvalue weighted by Crippen LogP contribution is 2.20. The Bertz CT molecular complexity index is 609. The normalized spacial score (nSPS) is 18.9. The summed E-state index contributed by atoms with van der Waals surface area (Å²) in [6, 6.07) is 3.26. The van der Waals surface area contributed by atoms with Gasteiger partial charge in [0.1, 0.15) is 18.0 Å². The van der Waals surface area contributed by atoms with E-state index in [0.29, 0.717) is 13.1 Å². The van der Waals surface area contributed by atoms with E-state index in [1.54, 1.807) is 43.7 Å². The predicted molar refractivity (Wildman–Crippen MR) is 86.6 cm³/mol. The van der Waals surface area contributed by atoms with Crippen LogP contribution in [0.4, 0.5) is 14.9 Å². The fourth-order valence-electron chi connectivity index (χ4n) is 2.67. The molecule has 0 saturated carbocycles. The average Bonchev–Trinajstić information content (AvgIpc) is 2.88. The van der Waals surface area contributed by atoms with Crippen molar-refractivity contribution >= 4 is 11.8 Å². The summed E-state index contributed by atoms with van der Waals surface area (Å²) in [5.41, 5.74) is -0.716. The second kappa shape index (κ2) is 7.12. The number of hydrogen-bond donors (Lipinski definition) is 1. The molecule has 1 amide bonds. The number of likely N-dealkylation sites (tertiary alicyclic amines) is 1. The van der Waals surface area contributed by atoms with Crippen molar-refractivity contribution < 1.29 is 13.9 Å². The van der Waals surface area contributed by atoms with Gasteiger partial charge in [0.25, 0.3) is 5.56 Å². The summed E-state index contributed by atoms with van der Waals surface area (Å²) in [6.07, 6.45) is 1.83. The van der Waals surface area contributed by atoms with Crippen LogP contribution in [0.1, 0.15) is 33.2 Å². The zero-order chi connectivity index (χ0) is 17.0. The zero-order valence-electron chi connectivity index (χ0n) is 13.8. The van der Waals surface area contributed by atoms with Crippen LogP contribution in [0.2, 0.25) is 0 Å². The lowest BCUT2D eigenvalue weighted by atomic mass is 10.2. The summed E-state index contributed by atoms with van der Waals surface area (Å²) in [5.74, 6) is 0. The number of carbonyl (C=O) groups excluding carboxylic acids is 1. The number of ether oxygens (including phenoxy) is 1. The maximum atomic E-state index is 12.5. The van der Waals surface area contributed by atoms with E-state index in [9.17, 15) is 14.0 Å². The van der Waals surface area contributed by atoms with Gasteiger partial charge < -0.3 is 9.30 Å². The molecular weight excluding hydrogens is 301 g/mol. The largest absolute Gasteiger partial charge is 0.444 e. The molecule has 0 spiro atoms. The highest BCUT2D eigenvalue weighted by molar-refractivity contribution is 5.84. The SMILES string of the molecule is CC(C)(C)OC(=O)Nc1cccn([C@H]2CCN(CCF)C2)c1=O. The van der Waals surface area contributed by atoms with Crippen LogP contribution in [0.25, 0.3) is 0 Å². The second-order valence-electron chi connectivity index (χ2n) is 6.69. The monoisotopic (exact) mass is 325 g/mol. The number of alkyl halides is 1. The minimum absolute atomic E-state index is 0.00515. The fourth-order valence-corrected chi connectivity index (χ4v) is 2.67. The Morgan fingerprint density at radius 3 is 2.87 bits per heavy atom. The molecule has 23 heavy (non-hydrogen) atoms. The van der Waals surface area contributed by atoms with Gasteiger partial charge in [0.2, 0.25) is 0 Å². The molecule has 1 aromatic heterocycles. The van der Waals surface area contributed by atoms with Gasteiger partial charge in [-0.1, -0.05) is 0 Å². The Morgan fingerprint density at radius 1 is 1.48 bits per heavy atom. The lowest BCUT2D eigenvalue weighted by molar-refractivity contribution is 0.0635. The molecule has 7 heteroatoms. The van der Waals surface area contributed by atoms with E-state index in [4.69, 9.17) is 4.74 Å². The van der Waals surface area contributed by atoms with E-state index < -0.39 is 11.7 Å². The molecule has 6 nitrogen and oxygen atoms in total. The van der Waals surface area contributed by atoms with Crippen molar-refractivity contribution in [3.8, 4) is 0 Å². The maximum Gasteiger partial charge on any atom is 0.412 e. The van der Waals surface area contributed by atoms with Crippen LogP contribution in [-0.2, 0) is 4.74 Å². The van der Waals surface area contributed by atoms with E-state index in [1.165, 1.54) is 0 Å². The minimum atomic E-state index is -0.655. The van der Waals surface area contributed by atoms with Gasteiger partial charge in [-0.2, -0.15) is 0 Å². The van der Waals surface area contributed by atoms with Gasteiger partial charge in [-0.15, -0.1) is 0 Å². The van der Waals surface area contributed by atoms with Gasteiger partial charge in [-0.05, 0) is 39.3 Å². The molecule has 2 heterocycles. The highest BCUT2D eigenvalue weighted by atomic mass is 19.1. The molecule has 2 rings (SSSR count). The third-order valence-corrected chi connectivity index (χ3v) is 3.65. The lowest BCUT2D eigenvalue weighted by Crippen LogP contribution is -2.32. The van der Waals surface area contributed by atoms with Crippen LogP contribution in [0, 0.1) is 0 Å². The number of nitrogens with one attached hydrogen (secondary N) is 1.